The topological polar surface area (TPSA) is 65.8 Å². The average molecular weight is 265 g/mol. The number of rotatable bonds is 4. The summed E-state index contributed by atoms with van der Waals surface area (Å²) in [6.07, 6.45) is 2.54. The minimum atomic E-state index is -0.0808. The van der Waals surface area contributed by atoms with Crippen LogP contribution in [0.4, 0.5) is 5.82 Å². The van der Waals surface area contributed by atoms with Crippen molar-refractivity contribution in [3.05, 3.63) is 59.3 Å². The third-order valence-corrected chi connectivity index (χ3v) is 2.92. The average Bonchev–Trinajstić information content (AvgIpc) is 2.47. The van der Waals surface area contributed by atoms with Gasteiger partial charge in [0.05, 0.1) is 5.56 Å². The second-order valence-corrected chi connectivity index (χ2v) is 4.58. The molecule has 1 aromatic carbocycles. The van der Waals surface area contributed by atoms with Crippen LogP contribution in [0.1, 0.15) is 23.1 Å². The van der Waals surface area contributed by atoms with Crippen LogP contribution in [-0.2, 0) is 11.2 Å². The maximum absolute atomic E-state index is 11.8. The number of pyridine rings is 1. The SMILES string of the molecule is Cc1ccc(CCC(=O)Nc2ccc(C#N)cn2)cc1. The van der Waals surface area contributed by atoms with Gasteiger partial charge in [-0.2, -0.15) is 5.26 Å². The number of nitrogens with one attached hydrogen (secondary N) is 1. The molecule has 2 rings (SSSR count). The number of nitrogens with zero attached hydrogens (tertiary/aromatic N) is 2. The zero-order valence-corrected chi connectivity index (χ0v) is 11.3. The first kappa shape index (κ1) is 13.8. The summed E-state index contributed by atoms with van der Waals surface area (Å²) in [6.45, 7) is 2.03. The number of benzene rings is 1. The van der Waals surface area contributed by atoms with Gasteiger partial charge in [0.2, 0.25) is 5.91 Å². The number of aromatic nitrogens is 1. The number of carbonyl (C=O) groups excluding carboxylic acids is 1. The molecule has 0 unspecified atom stereocenters. The Balaban J connectivity index is 1.86. The van der Waals surface area contributed by atoms with Crippen molar-refractivity contribution in [2.75, 3.05) is 5.32 Å². The first-order valence-electron chi connectivity index (χ1n) is 6.39. The molecule has 2 aromatic rings. The Morgan fingerprint density at radius 2 is 2.00 bits per heavy atom. The fraction of sp³-hybridized carbons (Fsp3) is 0.188. The maximum atomic E-state index is 11.8. The second-order valence-electron chi connectivity index (χ2n) is 4.58. The van der Waals surface area contributed by atoms with Gasteiger partial charge in [-0.15, -0.1) is 0 Å². The van der Waals surface area contributed by atoms with E-state index in [1.54, 1.807) is 12.1 Å². The largest absolute Gasteiger partial charge is 0.311 e. The van der Waals surface area contributed by atoms with Gasteiger partial charge in [-0.3, -0.25) is 4.79 Å². The van der Waals surface area contributed by atoms with Gasteiger partial charge in [0.1, 0.15) is 11.9 Å². The van der Waals surface area contributed by atoms with Crippen LogP contribution in [0.15, 0.2) is 42.6 Å². The molecule has 0 fully saturated rings. The van der Waals surface area contributed by atoms with Gasteiger partial charge in [-0.25, -0.2) is 4.98 Å². The summed E-state index contributed by atoms with van der Waals surface area (Å²) >= 11 is 0. The van der Waals surface area contributed by atoms with Gasteiger partial charge in [0.25, 0.3) is 0 Å². The van der Waals surface area contributed by atoms with Crippen LogP contribution >= 0.6 is 0 Å². The summed E-state index contributed by atoms with van der Waals surface area (Å²) in [4.78, 5) is 15.8. The monoisotopic (exact) mass is 265 g/mol. The quantitative estimate of drug-likeness (QED) is 0.924. The van der Waals surface area contributed by atoms with Crippen molar-refractivity contribution in [2.24, 2.45) is 0 Å². The van der Waals surface area contributed by atoms with Gasteiger partial charge in [-0.05, 0) is 31.0 Å². The number of anilines is 1. The summed E-state index contributed by atoms with van der Waals surface area (Å²) < 4.78 is 0. The fourth-order valence-electron chi connectivity index (χ4n) is 1.75. The van der Waals surface area contributed by atoms with Crippen molar-refractivity contribution >= 4 is 11.7 Å². The number of nitriles is 1. The minimum Gasteiger partial charge on any atom is -0.311 e. The van der Waals surface area contributed by atoms with E-state index in [1.807, 2.05) is 37.3 Å². The molecule has 20 heavy (non-hydrogen) atoms. The maximum Gasteiger partial charge on any atom is 0.225 e. The molecule has 4 heteroatoms. The number of hydrogen-bond donors (Lipinski definition) is 1. The molecule has 1 amide bonds. The van der Waals surface area contributed by atoms with E-state index < -0.39 is 0 Å². The molecule has 1 aromatic heterocycles. The predicted molar refractivity (Wildman–Crippen MR) is 77.1 cm³/mol. The molecule has 4 nitrogen and oxygen atoms in total. The van der Waals surface area contributed by atoms with Crippen LogP contribution in [0, 0.1) is 18.3 Å². The van der Waals surface area contributed by atoms with Crippen molar-refractivity contribution in [3.63, 3.8) is 0 Å². The summed E-state index contributed by atoms with van der Waals surface area (Å²) in [5, 5.41) is 11.4. The van der Waals surface area contributed by atoms with Gasteiger partial charge in [0, 0.05) is 12.6 Å². The van der Waals surface area contributed by atoms with Gasteiger partial charge < -0.3 is 5.32 Å². The summed E-state index contributed by atoms with van der Waals surface area (Å²) in [7, 11) is 0. The third kappa shape index (κ3) is 3.92. The number of carbonyl (C=O) groups is 1. The van der Waals surface area contributed by atoms with E-state index in [9.17, 15) is 4.79 Å². The number of hydrogen-bond acceptors (Lipinski definition) is 3. The Morgan fingerprint density at radius 1 is 1.25 bits per heavy atom. The molecule has 100 valence electrons. The molecular weight excluding hydrogens is 250 g/mol. The Labute approximate surface area is 118 Å². The molecule has 0 aliphatic carbocycles. The van der Waals surface area contributed by atoms with Crippen LogP contribution < -0.4 is 5.32 Å². The number of aryl methyl sites for hydroxylation is 2. The molecule has 0 aliphatic heterocycles. The molecule has 1 N–H and O–H groups in total. The van der Waals surface area contributed by atoms with Crippen LogP contribution in [-0.4, -0.2) is 10.9 Å². The van der Waals surface area contributed by atoms with Crippen molar-refractivity contribution in [3.8, 4) is 6.07 Å². The lowest BCUT2D eigenvalue weighted by atomic mass is 10.1. The van der Waals surface area contributed by atoms with Gasteiger partial charge in [-0.1, -0.05) is 29.8 Å². The third-order valence-electron chi connectivity index (χ3n) is 2.92. The predicted octanol–water partition coefficient (Wildman–Crippen LogP) is 2.83. The Bertz CT molecular complexity index is 624. The van der Waals surface area contributed by atoms with E-state index in [0.29, 0.717) is 24.2 Å². The number of amides is 1. The molecule has 0 aliphatic rings. The van der Waals surface area contributed by atoms with Crippen LogP contribution in [0.25, 0.3) is 0 Å². The van der Waals surface area contributed by atoms with E-state index in [-0.39, 0.29) is 5.91 Å². The Hall–Kier alpha value is -2.67. The van der Waals surface area contributed by atoms with Crippen molar-refractivity contribution in [1.29, 1.82) is 5.26 Å². The first-order valence-corrected chi connectivity index (χ1v) is 6.39. The summed E-state index contributed by atoms with van der Waals surface area (Å²) in [5.41, 5.74) is 2.82. The Morgan fingerprint density at radius 3 is 2.60 bits per heavy atom. The molecular formula is C16H15N3O. The lowest BCUT2D eigenvalue weighted by Gasteiger charge is -2.05. The minimum absolute atomic E-state index is 0.0808. The van der Waals surface area contributed by atoms with Gasteiger partial charge >= 0.3 is 0 Å². The molecule has 0 saturated carbocycles. The lowest BCUT2D eigenvalue weighted by Crippen LogP contribution is -2.13. The van der Waals surface area contributed by atoms with Crippen LogP contribution in [0.5, 0.6) is 0 Å². The zero-order valence-electron chi connectivity index (χ0n) is 11.3. The van der Waals surface area contributed by atoms with Crippen molar-refractivity contribution in [1.82, 2.24) is 4.98 Å². The molecule has 0 bridgehead atoms. The van der Waals surface area contributed by atoms with E-state index in [4.69, 9.17) is 5.26 Å². The highest BCUT2D eigenvalue weighted by molar-refractivity contribution is 5.89. The normalized spacial score (nSPS) is 9.80. The molecule has 0 atom stereocenters. The van der Waals surface area contributed by atoms with Crippen LogP contribution in [0.3, 0.4) is 0 Å². The zero-order chi connectivity index (χ0) is 14.4. The highest BCUT2D eigenvalue weighted by atomic mass is 16.1. The molecule has 0 saturated heterocycles. The fourth-order valence-corrected chi connectivity index (χ4v) is 1.75. The van der Waals surface area contributed by atoms with E-state index in [1.165, 1.54) is 11.8 Å². The highest BCUT2D eigenvalue weighted by Crippen LogP contribution is 2.08. The van der Waals surface area contributed by atoms with Gasteiger partial charge in [0.15, 0.2) is 0 Å². The smallest absolute Gasteiger partial charge is 0.225 e. The van der Waals surface area contributed by atoms with Crippen molar-refractivity contribution in [2.45, 2.75) is 19.8 Å². The van der Waals surface area contributed by atoms with E-state index in [0.717, 1.165) is 5.56 Å². The van der Waals surface area contributed by atoms with E-state index in [2.05, 4.69) is 10.3 Å². The van der Waals surface area contributed by atoms with E-state index >= 15 is 0 Å². The first-order chi connectivity index (χ1) is 9.67. The molecule has 1 heterocycles. The Kier molecular flexibility index (Phi) is 4.46. The summed E-state index contributed by atoms with van der Waals surface area (Å²) in [5.74, 6) is 0.390. The summed E-state index contributed by atoms with van der Waals surface area (Å²) in [6, 6.07) is 13.4. The highest BCUT2D eigenvalue weighted by Gasteiger charge is 2.04. The molecule has 0 radical (unpaired) electrons. The second kappa shape index (κ2) is 6.48. The van der Waals surface area contributed by atoms with Crippen LogP contribution in [0.2, 0.25) is 0 Å². The molecule has 0 spiro atoms. The van der Waals surface area contributed by atoms with Crippen molar-refractivity contribution < 1.29 is 4.79 Å². The lowest BCUT2D eigenvalue weighted by molar-refractivity contribution is -0.116. The standard InChI is InChI=1S/C16H15N3O/c1-12-2-4-13(5-3-12)7-9-16(20)19-15-8-6-14(10-17)11-18-15/h2-6,8,11H,7,9H2,1H3,(H,18,19,20).